The van der Waals surface area contributed by atoms with Crippen molar-refractivity contribution in [2.24, 2.45) is 0 Å². The molecule has 0 aliphatic carbocycles. The van der Waals surface area contributed by atoms with Crippen molar-refractivity contribution in [3.05, 3.63) is 42.7 Å². The van der Waals surface area contributed by atoms with Gasteiger partial charge in [0, 0.05) is 24.6 Å². The average Bonchev–Trinajstić information content (AvgIpc) is 2.92. The average molecular weight is 300 g/mol. The minimum atomic E-state index is 0.437. The van der Waals surface area contributed by atoms with E-state index in [4.69, 9.17) is 0 Å². The maximum atomic E-state index is 2.46. The summed E-state index contributed by atoms with van der Waals surface area (Å²) < 4.78 is 0. The second kappa shape index (κ2) is 9.55. The topological polar surface area (TPSA) is 6.48 Å². The van der Waals surface area contributed by atoms with E-state index in [1.165, 1.54) is 63.6 Å². The van der Waals surface area contributed by atoms with Crippen LogP contribution in [0.4, 0.5) is 5.69 Å². The van der Waals surface area contributed by atoms with Crippen molar-refractivity contribution in [1.82, 2.24) is 4.90 Å². The highest BCUT2D eigenvalue weighted by atomic mass is 15.4. The van der Waals surface area contributed by atoms with E-state index in [0.717, 1.165) is 0 Å². The van der Waals surface area contributed by atoms with E-state index in [9.17, 15) is 0 Å². The van der Waals surface area contributed by atoms with Gasteiger partial charge in [0.2, 0.25) is 0 Å². The van der Waals surface area contributed by atoms with E-state index in [1.807, 2.05) is 0 Å². The number of para-hydroxylation sites is 1. The van der Waals surface area contributed by atoms with Crippen LogP contribution in [0.5, 0.6) is 0 Å². The molecule has 1 aromatic rings. The Morgan fingerprint density at radius 2 is 1.45 bits per heavy atom. The third kappa shape index (κ3) is 5.08. The van der Waals surface area contributed by atoms with Crippen LogP contribution in [0.2, 0.25) is 0 Å². The minimum absolute atomic E-state index is 0.437. The summed E-state index contributed by atoms with van der Waals surface area (Å²) in [5, 5.41) is 0. The van der Waals surface area contributed by atoms with Gasteiger partial charge in [-0.05, 0) is 25.5 Å². The van der Waals surface area contributed by atoms with Gasteiger partial charge in [-0.25, -0.2) is 0 Å². The lowest BCUT2D eigenvalue weighted by atomic mass is 10.1. The molecule has 1 atom stereocenters. The van der Waals surface area contributed by atoms with E-state index in [2.05, 4.69) is 66.4 Å². The third-order valence-corrected chi connectivity index (χ3v) is 4.63. The Kier molecular flexibility index (Phi) is 7.35. The van der Waals surface area contributed by atoms with Crippen LogP contribution in [0.15, 0.2) is 42.7 Å². The first-order valence-corrected chi connectivity index (χ1v) is 9.10. The molecule has 0 bridgehead atoms. The van der Waals surface area contributed by atoms with Gasteiger partial charge in [0.05, 0.1) is 0 Å². The summed E-state index contributed by atoms with van der Waals surface area (Å²) in [7, 11) is 0. The van der Waals surface area contributed by atoms with Gasteiger partial charge in [-0.15, -0.1) is 0 Å². The van der Waals surface area contributed by atoms with E-state index in [-0.39, 0.29) is 0 Å². The van der Waals surface area contributed by atoms with Crippen LogP contribution in [0.1, 0.15) is 65.2 Å². The number of benzene rings is 1. The van der Waals surface area contributed by atoms with E-state index < -0.39 is 0 Å². The largest absolute Gasteiger partial charge is 0.356 e. The summed E-state index contributed by atoms with van der Waals surface area (Å²) in [5.41, 5.74) is 1.28. The molecule has 2 nitrogen and oxygen atoms in total. The number of unbranched alkanes of at least 4 members (excludes halogenated alkanes) is 7. The summed E-state index contributed by atoms with van der Waals surface area (Å²) in [5.74, 6) is 0. The van der Waals surface area contributed by atoms with Crippen LogP contribution >= 0.6 is 0 Å². The molecule has 0 spiro atoms. The highest BCUT2D eigenvalue weighted by molar-refractivity contribution is 5.51. The standard InChI is InChI=1S/C20H32N2/c1-3-4-5-6-7-8-9-13-16-21-17-18-22(19(21)2)20-14-11-10-12-15-20/h10-12,14-15,17-19H,3-9,13,16H2,1-2H3. The maximum absolute atomic E-state index is 2.46. The van der Waals surface area contributed by atoms with Crippen LogP contribution in [-0.4, -0.2) is 17.6 Å². The van der Waals surface area contributed by atoms with Crippen molar-refractivity contribution in [3.63, 3.8) is 0 Å². The molecular formula is C20H32N2. The molecule has 0 amide bonds. The van der Waals surface area contributed by atoms with Crippen LogP contribution in [0, 0.1) is 0 Å². The molecule has 1 heterocycles. The second-order valence-corrected chi connectivity index (χ2v) is 6.39. The Hall–Kier alpha value is -1.44. The van der Waals surface area contributed by atoms with Crippen LogP contribution in [0.25, 0.3) is 0 Å². The Bertz CT molecular complexity index is 427. The Balaban J connectivity index is 1.61. The fourth-order valence-corrected chi connectivity index (χ4v) is 3.16. The third-order valence-electron chi connectivity index (χ3n) is 4.63. The van der Waals surface area contributed by atoms with Crippen molar-refractivity contribution < 1.29 is 0 Å². The van der Waals surface area contributed by atoms with Crippen LogP contribution < -0.4 is 4.90 Å². The van der Waals surface area contributed by atoms with Gasteiger partial charge in [-0.1, -0.05) is 70.1 Å². The van der Waals surface area contributed by atoms with Crippen LogP contribution in [0.3, 0.4) is 0 Å². The van der Waals surface area contributed by atoms with Gasteiger partial charge in [-0.3, -0.25) is 0 Å². The zero-order chi connectivity index (χ0) is 15.6. The lowest BCUT2D eigenvalue weighted by Crippen LogP contribution is -2.36. The van der Waals surface area contributed by atoms with E-state index in [0.29, 0.717) is 6.17 Å². The molecule has 1 aliphatic rings. The molecule has 0 saturated carbocycles. The minimum Gasteiger partial charge on any atom is -0.356 e. The molecule has 1 aromatic carbocycles. The Labute approximate surface area is 136 Å². The molecule has 0 aromatic heterocycles. The van der Waals surface area contributed by atoms with E-state index >= 15 is 0 Å². The highest BCUT2D eigenvalue weighted by Gasteiger charge is 2.22. The van der Waals surface area contributed by atoms with Gasteiger partial charge >= 0.3 is 0 Å². The quantitative estimate of drug-likeness (QED) is 0.506. The summed E-state index contributed by atoms with van der Waals surface area (Å²) in [6, 6.07) is 10.7. The lowest BCUT2D eigenvalue weighted by Gasteiger charge is -2.29. The van der Waals surface area contributed by atoms with Gasteiger partial charge < -0.3 is 9.80 Å². The zero-order valence-corrected chi connectivity index (χ0v) is 14.4. The molecular weight excluding hydrogens is 268 g/mol. The smallest absolute Gasteiger partial charge is 0.102 e. The molecule has 22 heavy (non-hydrogen) atoms. The first-order valence-electron chi connectivity index (χ1n) is 9.10. The van der Waals surface area contributed by atoms with Crippen molar-refractivity contribution >= 4 is 5.69 Å². The normalized spacial score (nSPS) is 17.5. The Morgan fingerprint density at radius 3 is 2.14 bits per heavy atom. The summed E-state index contributed by atoms with van der Waals surface area (Å²) in [6.07, 6.45) is 16.0. The van der Waals surface area contributed by atoms with Crippen molar-refractivity contribution in [1.29, 1.82) is 0 Å². The summed E-state index contributed by atoms with van der Waals surface area (Å²) in [6.45, 7) is 5.75. The highest BCUT2D eigenvalue weighted by Crippen LogP contribution is 2.24. The molecule has 0 fully saturated rings. The Morgan fingerprint density at radius 1 is 0.818 bits per heavy atom. The first kappa shape index (κ1) is 16.9. The van der Waals surface area contributed by atoms with Crippen molar-refractivity contribution in [2.45, 2.75) is 71.4 Å². The molecule has 122 valence electrons. The van der Waals surface area contributed by atoms with Crippen molar-refractivity contribution in [3.8, 4) is 0 Å². The fourth-order valence-electron chi connectivity index (χ4n) is 3.16. The molecule has 2 rings (SSSR count). The second-order valence-electron chi connectivity index (χ2n) is 6.39. The number of rotatable bonds is 10. The molecule has 1 unspecified atom stereocenters. The molecule has 2 heteroatoms. The molecule has 0 radical (unpaired) electrons. The van der Waals surface area contributed by atoms with Gasteiger partial charge in [0.1, 0.15) is 6.17 Å². The summed E-state index contributed by atoms with van der Waals surface area (Å²) >= 11 is 0. The van der Waals surface area contributed by atoms with Gasteiger partial charge in [0.15, 0.2) is 0 Å². The predicted octanol–water partition coefficient (Wildman–Crippen LogP) is 5.77. The molecule has 1 aliphatic heterocycles. The molecule has 0 N–H and O–H groups in total. The number of hydrogen-bond donors (Lipinski definition) is 0. The van der Waals surface area contributed by atoms with Crippen molar-refractivity contribution in [2.75, 3.05) is 11.4 Å². The maximum Gasteiger partial charge on any atom is 0.102 e. The number of anilines is 1. The predicted molar refractivity (Wildman–Crippen MR) is 96.8 cm³/mol. The number of nitrogens with zero attached hydrogens (tertiary/aromatic N) is 2. The lowest BCUT2D eigenvalue weighted by molar-refractivity contribution is 0.309. The first-order chi connectivity index (χ1) is 10.8. The molecule has 0 saturated heterocycles. The van der Waals surface area contributed by atoms with E-state index in [1.54, 1.807) is 0 Å². The fraction of sp³-hybridized carbons (Fsp3) is 0.600. The summed E-state index contributed by atoms with van der Waals surface area (Å²) in [4.78, 5) is 4.81. The van der Waals surface area contributed by atoms with Gasteiger partial charge in [-0.2, -0.15) is 0 Å². The monoisotopic (exact) mass is 300 g/mol. The number of hydrogen-bond acceptors (Lipinski definition) is 2. The SMILES string of the molecule is CCCCCCCCCCN1C=CN(c2ccccc2)C1C. The zero-order valence-electron chi connectivity index (χ0n) is 14.4. The van der Waals surface area contributed by atoms with Gasteiger partial charge in [0.25, 0.3) is 0 Å². The van der Waals surface area contributed by atoms with Crippen LogP contribution in [-0.2, 0) is 0 Å².